The lowest BCUT2D eigenvalue weighted by Crippen LogP contribution is -2.40. The van der Waals surface area contributed by atoms with E-state index in [1.165, 1.54) is 34.7 Å². The molecule has 0 radical (unpaired) electrons. The summed E-state index contributed by atoms with van der Waals surface area (Å²) in [5.41, 5.74) is 1.22. The quantitative estimate of drug-likeness (QED) is 0.221. The summed E-state index contributed by atoms with van der Waals surface area (Å²) in [4.78, 5) is 52.8. The van der Waals surface area contributed by atoms with Gasteiger partial charge in [-0.05, 0) is 70.1 Å². The number of ether oxygens (including phenoxy) is 3. The Morgan fingerprint density at radius 3 is 2.50 bits per heavy atom. The van der Waals surface area contributed by atoms with Crippen LogP contribution in [-0.4, -0.2) is 87.6 Å². The van der Waals surface area contributed by atoms with Crippen LogP contribution in [0.3, 0.4) is 0 Å². The summed E-state index contributed by atoms with van der Waals surface area (Å²) in [6.07, 6.45) is 3.04. The van der Waals surface area contributed by atoms with Gasteiger partial charge in [0.1, 0.15) is 10.7 Å². The molecular formula is C30H38N4O10S2. The minimum absolute atomic E-state index is 0.160. The molecule has 0 bridgehead atoms. The van der Waals surface area contributed by atoms with Crippen LogP contribution in [0.1, 0.15) is 60.3 Å². The largest absolute Gasteiger partial charge is 0.462 e. The molecule has 2 saturated heterocycles. The van der Waals surface area contributed by atoms with Crippen molar-refractivity contribution < 1.29 is 41.9 Å². The molecule has 3 heterocycles. The van der Waals surface area contributed by atoms with E-state index in [9.17, 15) is 32.9 Å². The summed E-state index contributed by atoms with van der Waals surface area (Å²) in [7, 11) is -3.92. The number of carbonyl (C=O) groups excluding carboxylic acids is 3. The third-order valence-electron chi connectivity index (χ3n) is 8.47. The molecule has 250 valence electrons. The highest BCUT2D eigenvalue weighted by molar-refractivity contribution is 7.89. The van der Waals surface area contributed by atoms with E-state index in [1.807, 2.05) is 0 Å². The third kappa shape index (κ3) is 7.19. The van der Waals surface area contributed by atoms with Crippen molar-refractivity contribution >= 4 is 55.6 Å². The number of nitrogens with zero attached hydrogens (tertiary/aromatic N) is 3. The van der Waals surface area contributed by atoms with E-state index in [4.69, 9.17) is 14.2 Å². The van der Waals surface area contributed by atoms with Crippen LogP contribution < -0.4 is 10.2 Å². The number of thiophene rings is 1. The number of carbonyl (C=O) groups is 3. The maximum Gasteiger partial charge on any atom is 0.341 e. The van der Waals surface area contributed by atoms with Crippen LogP contribution in [0.25, 0.3) is 0 Å². The molecule has 1 atom stereocenters. The second-order valence-corrected chi connectivity index (χ2v) is 14.4. The van der Waals surface area contributed by atoms with Gasteiger partial charge in [-0.2, -0.15) is 4.31 Å². The summed E-state index contributed by atoms with van der Waals surface area (Å²) < 4.78 is 43.3. The number of nitro groups is 1. The molecule has 1 N–H and O–H groups in total. The van der Waals surface area contributed by atoms with Crippen LogP contribution in [0.2, 0.25) is 0 Å². The zero-order valence-electron chi connectivity index (χ0n) is 25.8. The van der Waals surface area contributed by atoms with Gasteiger partial charge in [0.15, 0.2) is 6.10 Å². The molecule has 1 amide bonds. The average molecular weight is 679 g/mol. The van der Waals surface area contributed by atoms with Gasteiger partial charge >= 0.3 is 11.9 Å². The smallest absolute Gasteiger partial charge is 0.341 e. The maximum atomic E-state index is 13.1. The SMILES string of the molecule is CCOC(=O)c1c(NC(=O)[C@H](C)OC(=O)C2CCN(c3ccc(S(=O)(=O)N4CCOCC4)cc3[N+](=O)[O-])CC2)sc2c1CCCC2. The number of amides is 1. The molecule has 2 fully saturated rings. The number of nitrogens with one attached hydrogen (secondary N) is 1. The Morgan fingerprint density at radius 2 is 1.83 bits per heavy atom. The lowest BCUT2D eigenvalue weighted by Gasteiger charge is -2.32. The maximum absolute atomic E-state index is 13.1. The molecule has 16 heteroatoms. The molecule has 0 saturated carbocycles. The summed E-state index contributed by atoms with van der Waals surface area (Å²) in [6.45, 7) is 4.84. The zero-order chi connectivity index (χ0) is 33.0. The fraction of sp³-hybridized carbons (Fsp3) is 0.567. The molecule has 1 aromatic heterocycles. The van der Waals surface area contributed by atoms with Crippen molar-refractivity contribution in [1.29, 1.82) is 0 Å². The van der Waals surface area contributed by atoms with Crippen LogP contribution in [0.5, 0.6) is 0 Å². The van der Waals surface area contributed by atoms with E-state index in [0.717, 1.165) is 42.2 Å². The topological polar surface area (TPSA) is 175 Å². The van der Waals surface area contributed by atoms with Crippen LogP contribution in [0, 0.1) is 16.0 Å². The summed E-state index contributed by atoms with van der Waals surface area (Å²) in [6, 6.07) is 3.88. The molecule has 2 aromatic rings. The zero-order valence-corrected chi connectivity index (χ0v) is 27.5. The Morgan fingerprint density at radius 1 is 1.13 bits per heavy atom. The van der Waals surface area contributed by atoms with Crippen molar-refractivity contribution in [2.24, 2.45) is 5.92 Å². The second kappa shape index (κ2) is 14.4. The fourth-order valence-electron chi connectivity index (χ4n) is 5.98. The highest BCUT2D eigenvalue weighted by Crippen LogP contribution is 2.39. The predicted octanol–water partition coefficient (Wildman–Crippen LogP) is 3.52. The molecule has 1 aromatic carbocycles. The van der Waals surface area contributed by atoms with Gasteiger partial charge < -0.3 is 24.4 Å². The molecule has 1 aliphatic carbocycles. The van der Waals surface area contributed by atoms with Gasteiger partial charge in [0.25, 0.3) is 11.6 Å². The Bertz CT molecular complexity index is 1590. The van der Waals surface area contributed by atoms with Gasteiger partial charge in [0.05, 0.1) is 41.1 Å². The van der Waals surface area contributed by atoms with E-state index < -0.39 is 44.8 Å². The summed E-state index contributed by atoms with van der Waals surface area (Å²) in [5, 5.41) is 15.1. The van der Waals surface area contributed by atoms with E-state index in [0.29, 0.717) is 36.5 Å². The standard InChI is InChI=1S/C30H38N4O10S2/c1-3-43-30(37)26-22-6-4-5-7-25(22)45-28(26)31-27(35)19(2)44-29(36)20-10-12-32(13-11-20)23-9-8-21(18-24(23)34(38)39)46(40,41)33-14-16-42-17-15-33/h8-9,18-20H,3-7,10-17H2,1-2H3,(H,31,35)/t19-/m0/s1. The van der Waals surface area contributed by atoms with Gasteiger partial charge in [0, 0.05) is 37.1 Å². The number of piperidine rings is 1. The Hall–Kier alpha value is -3.60. The normalized spacial score (nSPS) is 18.3. The van der Waals surface area contributed by atoms with Crippen molar-refractivity contribution in [1.82, 2.24) is 4.31 Å². The van der Waals surface area contributed by atoms with Gasteiger partial charge in [-0.15, -0.1) is 11.3 Å². The minimum atomic E-state index is -3.92. The first kappa shape index (κ1) is 33.8. The van der Waals surface area contributed by atoms with Gasteiger partial charge in [-0.1, -0.05) is 0 Å². The van der Waals surface area contributed by atoms with Crippen LogP contribution in [-0.2, 0) is 46.7 Å². The fourth-order valence-corrected chi connectivity index (χ4v) is 8.69. The van der Waals surface area contributed by atoms with E-state index in [-0.39, 0.29) is 49.2 Å². The predicted molar refractivity (Wildman–Crippen MR) is 169 cm³/mol. The number of rotatable bonds is 10. The summed E-state index contributed by atoms with van der Waals surface area (Å²) in [5.74, 6) is -2.13. The highest BCUT2D eigenvalue weighted by atomic mass is 32.2. The van der Waals surface area contributed by atoms with E-state index in [2.05, 4.69) is 5.32 Å². The number of benzene rings is 1. The minimum Gasteiger partial charge on any atom is -0.462 e. The molecule has 46 heavy (non-hydrogen) atoms. The number of esters is 2. The van der Waals surface area contributed by atoms with Crippen molar-refractivity contribution in [3.8, 4) is 0 Å². The van der Waals surface area contributed by atoms with Crippen molar-refractivity contribution in [2.75, 3.05) is 56.2 Å². The molecule has 0 spiro atoms. The number of hydrogen-bond donors (Lipinski definition) is 1. The second-order valence-electron chi connectivity index (χ2n) is 11.4. The first-order valence-corrected chi connectivity index (χ1v) is 17.7. The number of hydrogen-bond acceptors (Lipinski definition) is 12. The number of nitro benzene ring substituents is 1. The van der Waals surface area contributed by atoms with E-state index in [1.54, 1.807) is 11.8 Å². The van der Waals surface area contributed by atoms with E-state index >= 15 is 0 Å². The van der Waals surface area contributed by atoms with Crippen molar-refractivity contribution in [3.05, 3.63) is 44.3 Å². The molecule has 2 aliphatic heterocycles. The first-order chi connectivity index (χ1) is 22.0. The number of morpholine rings is 1. The molecule has 0 unspecified atom stereocenters. The lowest BCUT2D eigenvalue weighted by molar-refractivity contribution is -0.384. The van der Waals surface area contributed by atoms with Crippen LogP contribution >= 0.6 is 11.3 Å². The van der Waals surface area contributed by atoms with Gasteiger partial charge in [-0.25, -0.2) is 13.2 Å². The average Bonchev–Trinajstić information content (AvgIpc) is 3.42. The molecule has 14 nitrogen and oxygen atoms in total. The number of aryl methyl sites for hydroxylation is 1. The monoisotopic (exact) mass is 678 g/mol. The first-order valence-electron chi connectivity index (χ1n) is 15.5. The van der Waals surface area contributed by atoms with Crippen LogP contribution in [0.15, 0.2) is 23.1 Å². The summed E-state index contributed by atoms with van der Waals surface area (Å²) >= 11 is 1.35. The number of anilines is 2. The highest BCUT2D eigenvalue weighted by Gasteiger charge is 2.34. The molecule has 3 aliphatic rings. The number of fused-ring (bicyclic) bond motifs is 1. The third-order valence-corrected chi connectivity index (χ3v) is 11.6. The molecular weight excluding hydrogens is 640 g/mol. The lowest BCUT2D eigenvalue weighted by atomic mass is 9.95. The Kier molecular flexibility index (Phi) is 10.6. The Labute approximate surface area is 271 Å². The van der Waals surface area contributed by atoms with Crippen molar-refractivity contribution in [2.45, 2.75) is 63.4 Å². The van der Waals surface area contributed by atoms with Crippen molar-refractivity contribution in [3.63, 3.8) is 0 Å². The molecule has 5 rings (SSSR count). The van der Waals surface area contributed by atoms with Crippen LogP contribution in [0.4, 0.5) is 16.4 Å². The van der Waals surface area contributed by atoms with Gasteiger partial charge in [-0.3, -0.25) is 19.7 Å². The number of sulfonamides is 1. The Balaban J connectivity index is 1.20. The van der Waals surface area contributed by atoms with Gasteiger partial charge in [0.2, 0.25) is 10.0 Å².